The van der Waals surface area contributed by atoms with Crippen LogP contribution in [-0.2, 0) is 20.5 Å². The van der Waals surface area contributed by atoms with E-state index in [2.05, 4.69) is 15.5 Å². The summed E-state index contributed by atoms with van der Waals surface area (Å²) in [4.78, 5) is 45.9. The first-order chi connectivity index (χ1) is 19.3. The molecule has 2 N–H and O–H groups in total. The minimum Gasteiger partial charge on any atom is -0.494 e. The Morgan fingerprint density at radius 2 is 1.82 bits per heavy atom. The summed E-state index contributed by atoms with van der Waals surface area (Å²) in [5.41, 5.74) is 1.04. The number of ketones is 1. The van der Waals surface area contributed by atoms with E-state index in [1.807, 2.05) is 44.2 Å². The van der Waals surface area contributed by atoms with Crippen LogP contribution in [0.1, 0.15) is 53.2 Å². The maximum Gasteiger partial charge on any atom is 0.251 e. The van der Waals surface area contributed by atoms with Gasteiger partial charge in [0.05, 0.1) is 12.5 Å². The van der Waals surface area contributed by atoms with Crippen molar-refractivity contribution in [1.29, 1.82) is 0 Å². The van der Waals surface area contributed by atoms with E-state index in [1.54, 1.807) is 30.3 Å². The van der Waals surface area contributed by atoms with Crippen molar-refractivity contribution in [2.45, 2.75) is 50.1 Å². The van der Waals surface area contributed by atoms with Crippen LogP contribution >= 0.6 is 11.6 Å². The van der Waals surface area contributed by atoms with Gasteiger partial charge in [-0.25, -0.2) is 0 Å². The highest BCUT2D eigenvalue weighted by Gasteiger charge is 2.81. The summed E-state index contributed by atoms with van der Waals surface area (Å²) in [6, 6.07) is 17.9. The van der Waals surface area contributed by atoms with E-state index in [9.17, 15) is 14.4 Å². The van der Waals surface area contributed by atoms with E-state index in [0.29, 0.717) is 58.4 Å². The van der Waals surface area contributed by atoms with Crippen LogP contribution in [0.25, 0.3) is 0 Å². The molecule has 0 radical (unpaired) electrons. The number of rotatable bonds is 5. The van der Waals surface area contributed by atoms with E-state index in [4.69, 9.17) is 16.3 Å². The van der Waals surface area contributed by atoms with Crippen LogP contribution < -0.4 is 15.4 Å². The van der Waals surface area contributed by atoms with Gasteiger partial charge in [-0.3, -0.25) is 19.3 Å². The van der Waals surface area contributed by atoms with Crippen molar-refractivity contribution < 1.29 is 19.1 Å². The first-order valence-corrected chi connectivity index (χ1v) is 14.3. The second-order valence-electron chi connectivity index (χ2n) is 11.2. The van der Waals surface area contributed by atoms with Gasteiger partial charge in [0.15, 0.2) is 5.78 Å². The second-order valence-corrected chi connectivity index (χ2v) is 11.7. The Balaban J connectivity index is 1.50. The summed E-state index contributed by atoms with van der Waals surface area (Å²) in [5.74, 6) is -0.869. The smallest absolute Gasteiger partial charge is 0.251 e. The normalized spacial score (nSPS) is 28.0. The monoisotopic (exact) mass is 555 g/mol. The number of nitrogens with zero attached hydrogens (tertiary/aromatic N) is 1. The highest BCUT2D eigenvalue weighted by Crippen LogP contribution is 2.68. The van der Waals surface area contributed by atoms with E-state index >= 15 is 0 Å². The Hall–Kier alpha value is -3.68. The number of Topliss-reactive ketones (excluding diaryl/α,β-unsaturated/α-hetero) is 1. The Morgan fingerprint density at radius 3 is 2.60 bits per heavy atom. The molecule has 0 aliphatic carbocycles. The van der Waals surface area contributed by atoms with Crippen molar-refractivity contribution in [3.8, 4) is 5.75 Å². The summed E-state index contributed by atoms with van der Waals surface area (Å²) < 4.78 is 5.74. The van der Waals surface area contributed by atoms with Crippen molar-refractivity contribution in [3.05, 3.63) is 87.9 Å². The minimum atomic E-state index is -1.49. The summed E-state index contributed by atoms with van der Waals surface area (Å²) in [5, 5.41) is 6.68. The van der Waals surface area contributed by atoms with Crippen LogP contribution in [0.15, 0.2) is 60.7 Å². The predicted octanol–water partition coefficient (Wildman–Crippen LogP) is 5.45. The van der Waals surface area contributed by atoms with Crippen LogP contribution in [0, 0.1) is 12.8 Å². The molecular weight excluding hydrogens is 526 g/mol. The lowest BCUT2D eigenvalue weighted by molar-refractivity contribution is -0.137. The lowest BCUT2D eigenvalue weighted by Gasteiger charge is -2.43. The van der Waals surface area contributed by atoms with Crippen LogP contribution in [0.3, 0.4) is 0 Å². The van der Waals surface area contributed by atoms with E-state index in [0.717, 1.165) is 18.4 Å². The third kappa shape index (κ3) is 3.02. The highest BCUT2D eigenvalue weighted by molar-refractivity contribution is 6.31. The van der Waals surface area contributed by atoms with Crippen LogP contribution in [-0.4, -0.2) is 41.7 Å². The number of aryl methyl sites for hydroxylation is 1. The average Bonchev–Trinajstić information content (AvgIpc) is 3.67. The number of hydrogen-bond acceptors (Lipinski definition) is 5. The standard InChI is InChI=1S/C32H30ClN3O4/c1-3-15-40-21-12-10-19(11-13-21)28(37)26-25-9-6-14-36(25)32(23-17-20(33)16-18(2)27(23)35-30(32)39)31(26)22-7-4-5-8-24(22)34-29(31)38/h4-5,7-8,10-13,16-17,25-26H,3,6,9,14-15H2,1-2H3,(H,34,38)(H,35,39)/t25-,26-,31-,32+/m0/s1. The van der Waals surface area contributed by atoms with Crippen molar-refractivity contribution in [2.24, 2.45) is 5.92 Å². The average molecular weight is 556 g/mol. The molecule has 4 atom stereocenters. The zero-order chi connectivity index (χ0) is 27.8. The Kier molecular flexibility index (Phi) is 5.64. The third-order valence-electron chi connectivity index (χ3n) is 9.26. The van der Waals surface area contributed by atoms with E-state index < -0.39 is 16.9 Å². The van der Waals surface area contributed by atoms with Gasteiger partial charge in [-0.15, -0.1) is 0 Å². The van der Waals surface area contributed by atoms with Gasteiger partial charge in [0.2, 0.25) is 5.91 Å². The minimum absolute atomic E-state index is 0.150. The number of hydrogen-bond donors (Lipinski definition) is 2. The molecule has 204 valence electrons. The molecule has 8 heteroatoms. The van der Waals surface area contributed by atoms with Crippen molar-refractivity contribution in [3.63, 3.8) is 0 Å². The van der Waals surface area contributed by atoms with Gasteiger partial charge in [0, 0.05) is 33.6 Å². The molecule has 0 aromatic heterocycles. The molecule has 40 heavy (non-hydrogen) atoms. The molecule has 3 aromatic rings. The molecule has 7 nitrogen and oxygen atoms in total. The number of para-hydroxylation sites is 1. The molecule has 4 aliphatic heterocycles. The third-order valence-corrected chi connectivity index (χ3v) is 9.48. The number of nitrogens with one attached hydrogen (secondary N) is 2. The first-order valence-electron chi connectivity index (χ1n) is 13.9. The summed E-state index contributed by atoms with van der Waals surface area (Å²) in [6.07, 6.45) is 2.41. The first kappa shape index (κ1) is 25.3. The summed E-state index contributed by atoms with van der Waals surface area (Å²) in [6.45, 7) is 5.12. The number of amides is 2. The van der Waals surface area contributed by atoms with E-state index in [-0.39, 0.29) is 23.6 Å². The van der Waals surface area contributed by atoms with Gasteiger partial charge < -0.3 is 15.4 Å². The van der Waals surface area contributed by atoms with Crippen LogP contribution in [0.2, 0.25) is 5.02 Å². The SMILES string of the molecule is CCCOc1ccc(C(=O)[C@@H]2[C@@H]3CCCN3[C@]3(C(=O)Nc4c(C)cc(Cl)cc43)[C@]23C(=O)Nc2ccccc23)cc1. The fourth-order valence-corrected chi connectivity index (χ4v) is 8.20. The van der Waals surface area contributed by atoms with Gasteiger partial charge in [-0.1, -0.05) is 36.7 Å². The van der Waals surface area contributed by atoms with Crippen molar-refractivity contribution in [2.75, 3.05) is 23.8 Å². The molecule has 0 unspecified atom stereocenters. The van der Waals surface area contributed by atoms with Crippen molar-refractivity contribution >= 4 is 40.6 Å². The van der Waals surface area contributed by atoms with Gasteiger partial charge in [0.1, 0.15) is 16.7 Å². The van der Waals surface area contributed by atoms with Crippen LogP contribution in [0.4, 0.5) is 11.4 Å². The number of halogens is 1. The highest BCUT2D eigenvalue weighted by atomic mass is 35.5. The molecular formula is C32H30ClN3O4. The largest absolute Gasteiger partial charge is 0.494 e. The molecule has 2 spiro atoms. The molecule has 4 heterocycles. The maximum atomic E-state index is 14.7. The molecule has 7 rings (SSSR count). The predicted molar refractivity (Wildman–Crippen MR) is 153 cm³/mol. The van der Waals surface area contributed by atoms with Gasteiger partial charge >= 0.3 is 0 Å². The van der Waals surface area contributed by atoms with E-state index in [1.165, 1.54) is 0 Å². The van der Waals surface area contributed by atoms with Crippen LogP contribution in [0.5, 0.6) is 5.75 Å². The molecule has 2 saturated heterocycles. The quantitative estimate of drug-likeness (QED) is 0.409. The number of benzene rings is 3. The zero-order valence-electron chi connectivity index (χ0n) is 22.4. The topological polar surface area (TPSA) is 87.7 Å². The number of ether oxygens (including phenoxy) is 1. The summed E-state index contributed by atoms with van der Waals surface area (Å²) in [7, 11) is 0. The molecule has 2 amide bonds. The zero-order valence-corrected chi connectivity index (χ0v) is 23.2. The lowest BCUT2D eigenvalue weighted by Crippen LogP contribution is -2.62. The Bertz CT molecular complexity index is 1590. The molecule has 0 bridgehead atoms. The molecule has 3 aromatic carbocycles. The van der Waals surface area contributed by atoms with Crippen molar-refractivity contribution in [1.82, 2.24) is 4.90 Å². The number of carbonyl (C=O) groups is 3. The number of anilines is 2. The van der Waals surface area contributed by atoms with Gasteiger partial charge in [-0.05, 0) is 86.3 Å². The number of fused-ring (bicyclic) bond motifs is 7. The molecule has 0 saturated carbocycles. The lowest BCUT2D eigenvalue weighted by atomic mass is 9.57. The Morgan fingerprint density at radius 1 is 1.05 bits per heavy atom. The van der Waals surface area contributed by atoms with Gasteiger partial charge in [0.25, 0.3) is 5.91 Å². The fraction of sp³-hybridized carbons (Fsp3) is 0.344. The van der Waals surface area contributed by atoms with Gasteiger partial charge in [-0.2, -0.15) is 0 Å². The molecule has 2 fully saturated rings. The fourth-order valence-electron chi connectivity index (χ4n) is 7.93. The summed E-state index contributed by atoms with van der Waals surface area (Å²) >= 11 is 6.62. The maximum absolute atomic E-state index is 14.7. The molecule has 4 aliphatic rings. The Labute approximate surface area is 237 Å². The second kappa shape index (κ2) is 8.91. The number of carbonyl (C=O) groups excluding carboxylic acids is 3.